The van der Waals surface area contributed by atoms with Gasteiger partial charge in [0.1, 0.15) is 17.4 Å². The Hall–Kier alpha value is -2.10. The van der Waals surface area contributed by atoms with E-state index in [2.05, 4.69) is 41.3 Å². The highest BCUT2D eigenvalue weighted by atomic mass is 16.5. The molecule has 0 saturated heterocycles. The number of hydrogen-bond donors (Lipinski definition) is 1. The molecule has 4 nitrogen and oxygen atoms in total. The molecule has 0 fully saturated rings. The lowest BCUT2D eigenvalue weighted by Gasteiger charge is -2.13. The third-order valence-corrected chi connectivity index (χ3v) is 3.41. The van der Waals surface area contributed by atoms with E-state index in [4.69, 9.17) is 4.74 Å². The van der Waals surface area contributed by atoms with Crippen molar-refractivity contribution in [2.24, 2.45) is 0 Å². The van der Waals surface area contributed by atoms with Gasteiger partial charge in [0.15, 0.2) is 0 Å². The minimum absolute atomic E-state index is 0.777. The summed E-state index contributed by atoms with van der Waals surface area (Å²) in [5, 5.41) is 3.33. The highest BCUT2D eigenvalue weighted by Crippen LogP contribution is 2.29. The molecule has 1 aromatic heterocycles. The molecular weight excluding hydrogens is 262 g/mol. The van der Waals surface area contributed by atoms with Crippen molar-refractivity contribution in [3.63, 3.8) is 0 Å². The van der Waals surface area contributed by atoms with Crippen LogP contribution in [-0.2, 0) is 0 Å². The summed E-state index contributed by atoms with van der Waals surface area (Å²) in [6.45, 7) is 9.10. The summed E-state index contributed by atoms with van der Waals surface area (Å²) >= 11 is 0. The zero-order valence-corrected chi connectivity index (χ0v) is 13.4. The number of aryl methyl sites for hydroxylation is 3. The minimum Gasteiger partial charge on any atom is -0.496 e. The van der Waals surface area contributed by atoms with Gasteiger partial charge in [-0.1, -0.05) is 6.92 Å². The van der Waals surface area contributed by atoms with Crippen LogP contribution < -0.4 is 10.1 Å². The quantitative estimate of drug-likeness (QED) is 0.905. The normalized spacial score (nSPS) is 10.5. The zero-order valence-electron chi connectivity index (χ0n) is 13.4. The van der Waals surface area contributed by atoms with Gasteiger partial charge in [0.05, 0.1) is 12.8 Å². The van der Waals surface area contributed by atoms with Crippen molar-refractivity contribution in [1.29, 1.82) is 0 Å². The Balaban J connectivity index is 2.46. The molecule has 2 aromatic rings. The smallest absolute Gasteiger partial charge is 0.130 e. The Morgan fingerprint density at radius 3 is 2.48 bits per heavy atom. The van der Waals surface area contributed by atoms with Gasteiger partial charge in [-0.3, -0.25) is 0 Å². The predicted molar refractivity (Wildman–Crippen MR) is 87.0 cm³/mol. The molecule has 1 aromatic carbocycles. The monoisotopic (exact) mass is 285 g/mol. The van der Waals surface area contributed by atoms with Crippen LogP contribution in [0.5, 0.6) is 5.75 Å². The number of benzene rings is 1. The summed E-state index contributed by atoms with van der Waals surface area (Å²) in [6, 6.07) is 6.19. The third kappa shape index (κ3) is 3.51. The van der Waals surface area contributed by atoms with Crippen LogP contribution in [0.15, 0.2) is 18.2 Å². The third-order valence-electron chi connectivity index (χ3n) is 3.41. The summed E-state index contributed by atoms with van der Waals surface area (Å²) < 4.78 is 5.37. The van der Waals surface area contributed by atoms with Crippen molar-refractivity contribution in [3.05, 3.63) is 35.2 Å². The Morgan fingerprint density at radius 1 is 1.05 bits per heavy atom. The van der Waals surface area contributed by atoms with Gasteiger partial charge in [0, 0.05) is 18.2 Å². The van der Waals surface area contributed by atoms with Gasteiger partial charge in [-0.15, -0.1) is 0 Å². The van der Waals surface area contributed by atoms with E-state index in [-0.39, 0.29) is 0 Å². The molecular formula is C17H23N3O. The molecule has 2 rings (SSSR count). The van der Waals surface area contributed by atoms with Gasteiger partial charge < -0.3 is 10.1 Å². The highest BCUT2D eigenvalue weighted by molar-refractivity contribution is 5.68. The molecule has 0 radical (unpaired) electrons. The Morgan fingerprint density at radius 2 is 1.81 bits per heavy atom. The molecule has 0 bridgehead atoms. The summed E-state index contributed by atoms with van der Waals surface area (Å²) in [5.74, 6) is 2.57. The number of methoxy groups -OCH3 is 1. The van der Waals surface area contributed by atoms with Gasteiger partial charge in [0.2, 0.25) is 0 Å². The second-order valence-corrected chi connectivity index (χ2v) is 5.25. The number of nitrogens with zero attached hydrogens (tertiary/aromatic N) is 2. The van der Waals surface area contributed by atoms with Crippen LogP contribution in [0.25, 0.3) is 11.3 Å². The van der Waals surface area contributed by atoms with Crippen molar-refractivity contribution in [2.45, 2.75) is 34.1 Å². The number of nitrogens with one attached hydrogen (secondary N) is 1. The van der Waals surface area contributed by atoms with E-state index in [1.807, 2.05) is 19.9 Å². The van der Waals surface area contributed by atoms with E-state index in [9.17, 15) is 0 Å². The van der Waals surface area contributed by atoms with Gasteiger partial charge in [-0.05, 0) is 50.5 Å². The summed E-state index contributed by atoms with van der Waals surface area (Å²) in [6.07, 6.45) is 1.07. The van der Waals surface area contributed by atoms with Crippen LogP contribution in [0.2, 0.25) is 0 Å². The zero-order chi connectivity index (χ0) is 15.4. The summed E-state index contributed by atoms with van der Waals surface area (Å²) in [4.78, 5) is 9.01. The molecule has 1 heterocycles. The number of hydrogen-bond acceptors (Lipinski definition) is 4. The van der Waals surface area contributed by atoms with Gasteiger partial charge >= 0.3 is 0 Å². The van der Waals surface area contributed by atoms with Crippen molar-refractivity contribution in [2.75, 3.05) is 19.0 Å². The molecule has 0 amide bonds. The van der Waals surface area contributed by atoms with E-state index >= 15 is 0 Å². The molecule has 112 valence electrons. The van der Waals surface area contributed by atoms with E-state index in [0.29, 0.717) is 0 Å². The first kappa shape index (κ1) is 15.3. The van der Waals surface area contributed by atoms with Gasteiger partial charge in [-0.2, -0.15) is 0 Å². The van der Waals surface area contributed by atoms with Crippen molar-refractivity contribution >= 4 is 5.82 Å². The topological polar surface area (TPSA) is 47.0 Å². The lowest BCUT2D eigenvalue weighted by atomic mass is 10.0. The highest BCUT2D eigenvalue weighted by Gasteiger charge is 2.10. The second-order valence-electron chi connectivity index (χ2n) is 5.25. The summed E-state index contributed by atoms with van der Waals surface area (Å²) in [7, 11) is 1.70. The minimum atomic E-state index is 0.777. The Kier molecular flexibility index (Phi) is 4.78. The number of aromatic nitrogens is 2. The van der Waals surface area contributed by atoms with E-state index in [0.717, 1.165) is 52.7 Å². The molecule has 0 saturated carbocycles. The maximum atomic E-state index is 5.37. The van der Waals surface area contributed by atoms with Gasteiger partial charge in [0.25, 0.3) is 0 Å². The first-order valence-electron chi connectivity index (χ1n) is 7.30. The van der Waals surface area contributed by atoms with E-state index < -0.39 is 0 Å². The average molecular weight is 285 g/mol. The number of anilines is 1. The van der Waals surface area contributed by atoms with Crippen molar-refractivity contribution < 1.29 is 4.74 Å². The molecule has 1 N–H and O–H groups in total. The average Bonchev–Trinajstić information content (AvgIpc) is 2.46. The largest absolute Gasteiger partial charge is 0.496 e. The second kappa shape index (κ2) is 6.57. The fraction of sp³-hybridized carbons (Fsp3) is 0.412. The maximum absolute atomic E-state index is 5.37. The Labute approximate surface area is 126 Å². The maximum Gasteiger partial charge on any atom is 0.130 e. The van der Waals surface area contributed by atoms with Crippen molar-refractivity contribution in [3.8, 4) is 17.0 Å². The molecule has 0 aliphatic carbocycles. The van der Waals surface area contributed by atoms with Gasteiger partial charge in [-0.25, -0.2) is 9.97 Å². The van der Waals surface area contributed by atoms with Crippen LogP contribution in [0.4, 0.5) is 5.82 Å². The lowest BCUT2D eigenvalue weighted by Crippen LogP contribution is -2.04. The fourth-order valence-electron chi connectivity index (χ4n) is 2.33. The van der Waals surface area contributed by atoms with Crippen LogP contribution >= 0.6 is 0 Å². The van der Waals surface area contributed by atoms with Crippen LogP contribution in [0, 0.1) is 20.8 Å². The van der Waals surface area contributed by atoms with E-state index in [1.165, 1.54) is 0 Å². The first-order valence-corrected chi connectivity index (χ1v) is 7.30. The molecule has 4 heteroatoms. The molecule has 0 spiro atoms. The fourth-order valence-corrected chi connectivity index (χ4v) is 2.33. The Bertz CT molecular complexity index is 638. The molecule has 0 atom stereocenters. The predicted octanol–water partition coefficient (Wildman–Crippen LogP) is 3.90. The van der Waals surface area contributed by atoms with E-state index in [1.54, 1.807) is 7.11 Å². The summed E-state index contributed by atoms with van der Waals surface area (Å²) in [5.41, 5.74) is 4.33. The molecule has 0 aliphatic heterocycles. The first-order chi connectivity index (χ1) is 10.0. The van der Waals surface area contributed by atoms with Crippen molar-refractivity contribution in [1.82, 2.24) is 9.97 Å². The number of rotatable bonds is 5. The SMILES string of the molecule is CCCNc1cc(-c2cc(C)c(OC)cc2C)nc(C)n1. The number of ether oxygens (including phenoxy) is 1. The molecule has 0 unspecified atom stereocenters. The molecule has 0 aliphatic rings. The van der Waals surface area contributed by atoms with Crippen LogP contribution in [0.1, 0.15) is 30.3 Å². The standard InChI is InChI=1S/C17H23N3O/c1-6-7-18-17-10-15(19-13(4)20-17)14-8-12(3)16(21-5)9-11(14)2/h8-10H,6-7H2,1-5H3,(H,18,19,20). The van der Waals surface area contributed by atoms with Crippen LogP contribution in [0.3, 0.4) is 0 Å². The molecule has 21 heavy (non-hydrogen) atoms. The van der Waals surface area contributed by atoms with Crippen LogP contribution in [-0.4, -0.2) is 23.6 Å². The lowest BCUT2D eigenvalue weighted by molar-refractivity contribution is 0.411.